The van der Waals surface area contributed by atoms with Gasteiger partial charge >= 0.3 is 0 Å². The van der Waals surface area contributed by atoms with Crippen LogP contribution < -0.4 is 10.2 Å². The largest absolute Gasteiger partial charge is 0.358 e. The summed E-state index contributed by atoms with van der Waals surface area (Å²) in [4.78, 5) is 18.6. The van der Waals surface area contributed by atoms with Crippen LogP contribution in [0.5, 0.6) is 0 Å². The van der Waals surface area contributed by atoms with E-state index < -0.39 is 0 Å². The second-order valence-electron chi connectivity index (χ2n) is 5.50. The van der Waals surface area contributed by atoms with Crippen molar-refractivity contribution >= 4 is 22.9 Å². The molecular formula is C14H24N6. The number of aromatic nitrogens is 4. The summed E-state index contributed by atoms with van der Waals surface area (Å²) < 4.78 is 0. The Morgan fingerprint density at radius 2 is 2.15 bits per heavy atom. The Morgan fingerprint density at radius 3 is 2.85 bits per heavy atom. The van der Waals surface area contributed by atoms with Crippen molar-refractivity contribution in [3.05, 3.63) is 6.33 Å². The highest BCUT2D eigenvalue weighted by atomic mass is 15.2. The summed E-state index contributed by atoms with van der Waals surface area (Å²) in [6, 6.07) is 0. The monoisotopic (exact) mass is 276 g/mol. The van der Waals surface area contributed by atoms with Gasteiger partial charge in [0.05, 0.1) is 6.33 Å². The van der Waals surface area contributed by atoms with E-state index in [9.17, 15) is 0 Å². The normalized spacial score (nSPS) is 11.2. The van der Waals surface area contributed by atoms with Crippen LogP contribution in [0.1, 0.15) is 33.6 Å². The Morgan fingerprint density at radius 1 is 1.35 bits per heavy atom. The number of rotatable bonds is 7. The van der Waals surface area contributed by atoms with E-state index >= 15 is 0 Å². The highest BCUT2D eigenvalue weighted by Gasteiger charge is 2.13. The van der Waals surface area contributed by atoms with E-state index in [4.69, 9.17) is 0 Å². The van der Waals surface area contributed by atoms with Crippen molar-refractivity contribution in [3.63, 3.8) is 0 Å². The molecule has 20 heavy (non-hydrogen) atoms. The molecular weight excluding hydrogens is 252 g/mol. The summed E-state index contributed by atoms with van der Waals surface area (Å²) in [5.74, 6) is 2.24. The second kappa shape index (κ2) is 6.54. The van der Waals surface area contributed by atoms with Gasteiger partial charge in [0, 0.05) is 20.1 Å². The number of hydrogen-bond acceptors (Lipinski definition) is 5. The van der Waals surface area contributed by atoms with Gasteiger partial charge in [-0.25, -0.2) is 4.98 Å². The topological polar surface area (TPSA) is 69.7 Å². The maximum absolute atomic E-state index is 4.62. The first-order valence-electron chi connectivity index (χ1n) is 7.28. The van der Waals surface area contributed by atoms with Crippen LogP contribution in [-0.4, -0.2) is 40.1 Å². The molecule has 2 N–H and O–H groups in total. The molecule has 0 aliphatic heterocycles. The average Bonchev–Trinajstić information content (AvgIpc) is 2.89. The second-order valence-corrected chi connectivity index (χ2v) is 5.50. The molecule has 6 nitrogen and oxygen atoms in total. The molecule has 2 rings (SSSR count). The minimum Gasteiger partial charge on any atom is -0.358 e. The zero-order valence-electron chi connectivity index (χ0n) is 12.8. The van der Waals surface area contributed by atoms with E-state index in [1.165, 1.54) is 0 Å². The highest BCUT2D eigenvalue weighted by molar-refractivity contribution is 5.84. The number of nitrogens with zero attached hydrogens (tertiary/aromatic N) is 4. The number of nitrogens with one attached hydrogen (secondary N) is 2. The molecule has 0 aliphatic carbocycles. The number of H-pyrrole nitrogens is 1. The average molecular weight is 276 g/mol. The van der Waals surface area contributed by atoms with Crippen LogP contribution in [0.3, 0.4) is 0 Å². The van der Waals surface area contributed by atoms with Crippen molar-refractivity contribution in [3.8, 4) is 0 Å². The van der Waals surface area contributed by atoms with Gasteiger partial charge in [-0.15, -0.1) is 0 Å². The SMILES string of the molecule is CCCNc1nc(N(C)CCC(C)C)c2[nH]cnc2n1. The fraction of sp³-hybridized carbons (Fsp3) is 0.643. The lowest BCUT2D eigenvalue weighted by Crippen LogP contribution is -2.22. The minimum absolute atomic E-state index is 0.651. The molecule has 0 amide bonds. The van der Waals surface area contributed by atoms with Gasteiger partial charge in [0.1, 0.15) is 5.52 Å². The fourth-order valence-corrected chi connectivity index (χ4v) is 1.97. The van der Waals surface area contributed by atoms with E-state index in [-0.39, 0.29) is 0 Å². The molecule has 2 aromatic rings. The Kier molecular flexibility index (Phi) is 4.76. The molecule has 2 aromatic heterocycles. The molecule has 0 unspecified atom stereocenters. The van der Waals surface area contributed by atoms with Crippen molar-refractivity contribution in [2.24, 2.45) is 5.92 Å². The van der Waals surface area contributed by atoms with E-state index in [0.717, 1.165) is 37.3 Å². The predicted molar refractivity (Wildman–Crippen MR) is 83.2 cm³/mol. The molecule has 0 aromatic carbocycles. The molecule has 0 saturated carbocycles. The number of fused-ring (bicyclic) bond motifs is 1. The van der Waals surface area contributed by atoms with Crippen molar-refractivity contribution < 1.29 is 0 Å². The van der Waals surface area contributed by atoms with Gasteiger partial charge in [-0.05, 0) is 18.8 Å². The van der Waals surface area contributed by atoms with Crippen LogP contribution in [-0.2, 0) is 0 Å². The Bertz CT molecular complexity index is 548. The number of anilines is 2. The van der Waals surface area contributed by atoms with Gasteiger partial charge < -0.3 is 15.2 Å². The molecule has 0 fully saturated rings. The van der Waals surface area contributed by atoms with Crippen LogP contribution in [0.15, 0.2) is 6.33 Å². The van der Waals surface area contributed by atoms with Crippen LogP contribution in [0.25, 0.3) is 11.2 Å². The molecule has 0 saturated heterocycles. The first kappa shape index (κ1) is 14.6. The Balaban J connectivity index is 2.26. The summed E-state index contributed by atoms with van der Waals surface area (Å²) in [7, 11) is 2.06. The maximum atomic E-state index is 4.62. The predicted octanol–water partition coefficient (Wildman–Crippen LogP) is 2.66. The molecule has 0 aliphatic rings. The van der Waals surface area contributed by atoms with Crippen LogP contribution in [0.4, 0.5) is 11.8 Å². The quantitative estimate of drug-likeness (QED) is 0.813. The molecule has 0 radical (unpaired) electrons. The third-order valence-corrected chi connectivity index (χ3v) is 3.20. The van der Waals surface area contributed by atoms with E-state index in [2.05, 4.69) is 58.0 Å². The lowest BCUT2D eigenvalue weighted by atomic mass is 10.1. The number of aromatic amines is 1. The molecule has 6 heteroatoms. The summed E-state index contributed by atoms with van der Waals surface area (Å²) >= 11 is 0. The van der Waals surface area contributed by atoms with E-state index in [1.54, 1.807) is 6.33 Å². The lowest BCUT2D eigenvalue weighted by molar-refractivity contribution is 0.584. The van der Waals surface area contributed by atoms with Crippen LogP contribution in [0.2, 0.25) is 0 Å². The molecule has 110 valence electrons. The van der Waals surface area contributed by atoms with Crippen LogP contribution in [0, 0.1) is 5.92 Å². The summed E-state index contributed by atoms with van der Waals surface area (Å²) in [5.41, 5.74) is 1.61. The lowest BCUT2D eigenvalue weighted by Gasteiger charge is -2.20. The molecule has 2 heterocycles. The Hall–Kier alpha value is -1.85. The third-order valence-electron chi connectivity index (χ3n) is 3.20. The number of hydrogen-bond donors (Lipinski definition) is 2. The van der Waals surface area contributed by atoms with Crippen molar-refractivity contribution in [1.29, 1.82) is 0 Å². The van der Waals surface area contributed by atoms with E-state index in [1.807, 2.05) is 0 Å². The summed E-state index contributed by atoms with van der Waals surface area (Å²) in [6.07, 6.45) is 3.84. The van der Waals surface area contributed by atoms with Gasteiger partial charge in [-0.1, -0.05) is 20.8 Å². The summed E-state index contributed by atoms with van der Waals surface area (Å²) in [6.45, 7) is 8.42. The third kappa shape index (κ3) is 3.37. The van der Waals surface area contributed by atoms with Gasteiger partial charge in [0.25, 0.3) is 0 Å². The zero-order chi connectivity index (χ0) is 14.5. The van der Waals surface area contributed by atoms with Crippen molar-refractivity contribution in [2.75, 3.05) is 30.4 Å². The molecule has 0 atom stereocenters. The van der Waals surface area contributed by atoms with Gasteiger partial charge in [0.15, 0.2) is 11.5 Å². The standard InChI is InChI=1S/C14H24N6/c1-5-7-15-14-18-12-11(16-9-17-12)13(19-14)20(4)8-6-10(2)3/h9-10H,5-8H2,1-4H3,(H2,15,16,17,18,19). The van der Waals surface area contributed by atoms with Crippen molar-refractivity contribution in [2.45, 2.75) is 33.6 Å². The summed E-state index contributed by atoms with van der Waals surface area (Å²) in [5, 5.41) is 3.23. The molecule has 0 spiro atoms. The van der Waals surface area contributed by atoms with E-state index in [0.29, 0.717) is 17.5 Å². The fourth-order valence-electron chi connectivity index (χ4n) is 1.97. The van der Waals surface area contributed by atoms with Crippen molar-refractivity contribution in [1.82, 2.24) is 19.9 Å². The van der Waals surface area contributed by atoms with Crippen LogP contribution >= 0.6 is 0 Å². The molecule has 0 bridgehead atoms. The zero-order valence-corrected chi connectivity index (χ0v) is 12.8. The Labute approximate surface area is 120 Å². The first-order valence-corrected chi connectivity index (χ1v) is 7.28. The maximum Gasteiger partial charge on any atom is 0.226 e. The highest BCUT2D eigenvalue weighted by Crippen LogP contribution is 2.22. The van der Waals surface area contributed by atoms with Gasteiger partial charge in [0.2, 0.25) is 5.95 Å². The van der Waals surface area contributed by atoms with Gasteiger partial charge in [-0.2, -0.15) is 9.97 Å². The minimum atomic E-state index is 0.651. The smallest absolute Gasteiger partial charge is 0.226 e. The van der Waals surface area contributed by atoms with Gasteiger partial charge in [-0.3, -0.25) is 0 Å². The first-order chi connectivity index (χ1) is 9.61. The number of imidazole rings is 1.